The van der Waals surface area contributed by atoms with Gasteiger partial charge < -0.3 is 4.74 Å². The first-order valence-corrected chi connectivity index (χ1v) is 7.44. The summed E-state index contributed by atoms with van der Waals surface area (Å²) in [6.45, 7) is 3.98. The Labute approximate surface area is 135 Å². The zero-order valence-corrected chi connectivity index (χ0v) is 13.4. The minimum atomic E-state index is -0.206. The molecule has 2 rings (SSSR count). The Morgan fingerprint density at radius 2 is 1.71 bits per heavy atom. The van der Waals surface area contributed by atoms with Crippen LogP contribution in [-0.4, -0.2) is 6.10 Å². The molecule has 0 aliphatic carbocycles. The molecule has 112 valence electrons. The van der Waals surface area contributed by atoms with Crippen molar-refractivity contribution in [3.63, 3.8) is 0 Å². The predicted octanol–water partition coefficient (Wildman–Crippen LogP) is 4.33. The van der Waals surface area contributed by atoms with Gasteiger partial charge in [-0.25, -0.2) is 5.43 Å². The number of halogens is 2. The van der Waals surface area contributed by atoms with Crippen molar-refractivity contribution in [3.8, 4) is 5.75 Å². The lowest BCUT2D eigenvalue weighted by Gasteiger charge is -2.19. The second-order valence-electron chi connectivity index (χ2n) is 5.00. The third-order valence-corrected chi connectivity index (χ3v) is 3.59. The molecule has 3 N–H and O–H groups in total. The molecule has 0 amide bonds. The molecule has 0 radical (unpaired) electrons. The van der Waals surface area contributed by atoms with Crippen LogP contribution in [-0.2, 0) is 0 Å². The van der Waals surface area contributed by atoms with Gasteiger partial charge in [-0.15, -0.1) is 0 Å². The Balaban J connectivity index is 2.28. The summed E-state index contributed by atoms with van der Waals surface area (Å²) in [7, 11) is 0. The molecular formula is C16H18Cl2N2O. The number of nitrogens with two attached hydrogens (primary N) is 1. The molecule has 0 fully saturated rings. The van der Waals surface area contributed by atoms with Crippen LogP contribution < -0.4 is 16.0 Å². The van der Waals surface area contributed by atoms with Crippen molar-refractivity contribution in [1.82, 2.24) is 5.43 Å². The van der Waals surface area contributed by atoms with E-state index in [1.54, 1.807) is 12.1 Å². The fourth-order valence-electron chi connectivity index (χ4n) is 2.11. The number of nitrogens with one attached hydrogen (secondary N) is 1. The number of ether oxygens (including phenoxy) is 1. The summed E-state index contributed by atoms with van der Waals surface area (Å²) < 4.78 is 5.63. The number of hydrogen-bond donors (Lipinski definition) is 2. The van der Waals surface area contributed by atoms with Crippen molar-refractivity contribution in [3.05, 3.63) is 63.6 Å². The van der Waals surface area contributed by atoms with Crippen molar-refractivity contribution in [2.75, 3.05) is 0 Å². The van der Waals surface area contributed by atoms with E-state index in [0.29, 0.717) is 10.0 Å². The van der Waals surface area contributed by atoms with Crippen LogP contribution in [0, 0.1) is 0 Å². The maximum atomic E-state index is 6.25. The van der Waals surface area contributed by atoms with Gasteiger partial charge in [0.1, 0.15) is 5.75 Å². The van der Waals surface area contributed by atoms with Gasteiger partial charge in [0.15, 0.2) is 0 Å². The molecule has 0 heterocycles. The molecule has 0 saturated carbocycles. The van der Waals surface area contributed by atoms with E-state index in [-0.39, 0.29) is 12.1 Å². The van der Waals surface area contributed by atoms with Gasteiger partial charge in [-0.3, -0.25) is 5.84 Å². The lowest BCUT2D eigenvalue weighted by atomic mass is 9.99. The van der Waals surface area contributed by atoms with E-state index in [0.717, 1.165) is 16.9 Å². The van der Waals surface area contributed by atoms with Crippen LogP contribution in [0.4, 0.5) is 0 Å². The molecule has 3 nitrogen and oxygen atoms in total. The molecule has 0 bridgehead atoms. The third kappa shape index (κ3) is 4.11. The highest BCUT2D eigenvalue weighted by atomic mass is 35.5. The van der Waals surface area contributed by atoms with Crippen LogP contribution in [0.2, 0.25) is 10.0 Å². The van der Waals surface area contributed by atoms with Crippen molar-refractivity contribution < 1.29 is 4.74 Å². The predicted molar refractivity (Wildman–Crippen MR) is 87.8 cm³/mol. The maximum Gasteiger partial charge on any atom is 0.119 e. The average Bonchev–Trinajstić information content (AvgIpc) is 2.43. The number of benzene rings is 2. The standard InChI is InChI=1S/C16H18Cl2N2O/c1-10(2)21-13-6-3-11(4-7-13)16(20-19)14-8-5-12(17)9-15(14)18/h3-10,16,20H,19H2,1-2H3. The summed E-state index contributed by atoms with van der Waals surface area (Å²) in [5.74, 6) is 6.52. The van der Waals surface area contributed by atoms with E-state index >= 15 is 0 Å². The Bertz CT molecular complexity index is 600. The first kappa shape index (κ1) is 16.1. The Morgan fingerprint density at radius 1 is 1.05 bits per heavy atom. The summed E-state index contributed by atoms with van der Waals surface area (Å²) in [6.07, 6.45) is 0.144. The van der Waals surface area contributed by atoms with Crippen LogP contribution in [0.15, 0.2) is 42.5 Å². The molecule has 0 spiro atoms. The molecule has 0 aliphatic heterocycles. The van der Waals surface area contributed by atoms with E-state index in [4.69, 9.17) is 33.8 Å². The van der Waals surface area contributed by atoms with Crippen molar-refractivity contribution in [2.45, 2.75) is 26.0 Å². The van der Waals surface area contributed by atoms with Crippen LogP contribution in [0.3, 0.4) is 0 Å². The minimum Gasteiger partial charge on any atom is -0.491 e. The van der Waals surface area contributed by atoms with Gasteiger partial charge in [-0.1, -0.05) is 41.4 Å². The van der Waals surface area contributed by atoms with Gasteiger partial charge in [0.25, 0.3) is 0 Å². The number of hydrogen-bond acceptors (Lipinski definition) is 3. The Hall–Kier alpha value is -1.26. The molecule has 0 aromatic heterocycles. The topological polar surface area (TPSA) is 47.3 Å². The normalized spacial score (nSPS) is 12.5. The molecule has 0 saturated heterocycles. The fourth-order valence-corrected chi connectivity index (χ4v) is 2.63. The average molecular weight is 325 g/mol. The highest BCUT2D eigenvalue weighted by molar-refractivity contribution is 6.35. The summed E-state index contributed by atoms with van der Waals surface area (Å²) in [5.41, 5.74) is 4.66. The smallest absolute Gasteiger partial charge is 0.119 e. The summed E-state index contributed by atoms with van der Waals surface area (Å²) in [5, 5.41) is 1.17. The Kier molecular flexibility index (Phi) is 5.48. The summed E-state index contributed by atoms with van der Waals surface area (Å²) >= 11 is 12.2. The molecule has 0 aliphatic rings. The highest BCUT2D eigenvalue weighted by Gasteiger charge is 2.16. The fraction of sp³-hybridized carbons (Fsp3) is 0.250. The van der Waals surface area contributed by atoms with Crippen LogP contribution >= 0.6 is 23.2 Å². The Morgan fingerprint density at radius 3 is 2.24 bits per heavy atom. The summed E-state index contributed by atoms with van der Waals surface area (Å²) in [6, 6.07) is 12.9. The van der Waals surface area contributed by atoms with E-state index in [1.165, 1.54) is 0 Å². The number of hydrazine groups is 1. The SMILES string of the molecule is CC(C)Oc1ccc(C(NN)c2ccc(Cl)cc2Cl)cc1. The summed E-state index contributed by atoms with van der Waals surface area (Å²) in [4.78, 5) is 0. The van der Waals surface area contributed by atoms with Crippen molar-refractivity contribution >= 4 is 23.2 Å². The zero-order chi connectivity index (χ0) is 15.4. The van der Waals surface area contributed by atoms with Gasteiger partial charge >= 0.3 is 0 Å². The van der Waals surface area contributed by atoms with Gasteiger partial charge in [0.05, 0.1) is 12.1 Å². The van der Waals surface area contributed by atoms with E-state index in [9.17, 15) is 0 Å². The lowest BCUT2D eigenvalue weighted by Crippen LogP contribution is -2.29. The first-order chi connectivity index (χ1) is 10.0. The third-order valence-electron chi connectivity index (χ3n) is 3.03. The van der Waals surface area contributed by atoms with Gasteiger partial charge in [0, 0.05) is 10.0 Å². The van der Waals surface area contributed by atoms with Crippen molar-refractivity contribution in [2.24, 2.45) is 5.84 Å². The maximum absolute atomic E-state index is 6.25. The van der Waals surface area contributed by atoms with E-state index < -0.39 is 0 Å². The van der Waals surface area contributed by atoms with Gasteiger partial charge in [-0.2, -0.15) is 0 Å². The molecular weight excluding hydrogens is 307 g/mol. The molecule has 2 aromatic carbocycles. The van der Waals surface area contributed by atoms with Gasteiger partial charge in [-0.05, 0) is 49.2 Å². The molecule has 5 heteroatoms. The first-order valence-electron chi connectivity index (χ1n) is 6.69. The molecule has 2 aromatic rings. The van der Waals surface area contributed by atoms with Gasteiger partial charge in [0.2, 0.25) is 0 Å². The largest absolute Gasteiger partial charge is 0.491 e. The highest BCUT2D eigenvalue weighted by Crippen LogP contribution is 2.30. The van der Waals surface area contributed by atoms with E-state index in [2.05, 4.69) is 5.43 Å². The van der Waals surface area contributed by atoms with Crippen LogP contribution in [0.1, 0.15) is 31.0 Å². The van der Waals surface area contributed by atoms with E-state index in [1.807, 2.05) is 44.2 Å². The molecule has 1 atom stereocenters. The quantitative estimate of drug-likeness (QED) is 0.635. The lowest BCUT2D eigenvalue weighted by molar-refractivity contribution is 0.242. The molecule has 21 heavy (non-hydrogen) atoms. The zero-order valence-electron chi connectivity index (χ0n) is 11.9. The van der Waals surface area contributed by atoms with Crippen molar-refractivity contribution in [1.29, 1.82) is 0 Å². The monoisotopic (exact) mass is 324 g/mol. The van der Waals surface area contributed by atoms with Crippen LogP contribution in [0.5, 0.6) is 5.75 Å². The molecule has 1 unspecified atom stereocenters. The van der Waals surface area contributed by atoms with Crippen LogP contribution in [0.25, 0.3) is 0 Å². The number of rotatable bonds is 5. The second kappa shape index (κ2) is 7.14. The second-order valence-corrected chi connectivity index (χ2v) is 5.84. The minimum absolute atomic E-state index is 0.144.